The smallest absolute Gasteiger partial charge is 0.426 e. The third-order valence-electron chi connectivity index (χ3n) is 2.47. The van der Waals surface area contributed by atoms with Crippen LogP contribution in [0.3, 0.4) is 0 Å². The van der Waals surface area contributed by atoms with Crippen molar-refractivity contribution in [1.82, 2.24) is 15.4 Å². The summed E-state index contributed by atoms with van der Waals surface area (Å²) in [7, 11) is 0. The summed E-state index contributed by atoms with van der Waals surface area (Å²) < 4.78 is 5.29. The van der Waals surface area contributed by atoms with Crippen molar-refractivity contribution >= 4 is 11.9 Å². The zero-order chi connectivity index (χ0) is 17.8. The molecule has 1 amide bonds. The average Bonchev–Trinajstić information content (AvgIpc) is 2.33. The number of aryl methyl sites for hydroxylation is 1. The fourth-order valence-electron chi connectivity index (χ4n) is 1.80. The van der Waals surface area contributed by atoms with Crippen molar-refractivity contribution in [3.8, 4) is 6.07 Å². The third-order valence-corrected chi connectivity index (χ3v) is 2.47. The highest BCUT2D eigenvalue weighted by Crippen LogP contribution is 2.20. The lowest BCUT2D eigenvalue weighted by Crippen LogP contribution is -2.48. The molecule has 1 aromatic rings. The van der Waals surface area contributed by atoms with Gasteiger partial charge in [0.15, 0.2) is 5.82 Å². The largest absolute Gasteiger partial charge is 0.443 e. The zero-order valence-corrected chi connectivity index (χ0v) is 14.9. The minimum atomic E-state index is -0.600. The normalized spacial score (nSPS) is 11.6. The average molecular weight is 319 g/mol. The Balaban J connectivity index is 3.09. The molecule has 0 aliphatic carbocycles. The molecule has 0 aliphatic rings. The highest BCUT2D eigenvalue weighted by Gasteiger charge is 2.23. The number of hydrogen-bond donors (Lipinski definition) is 1. The van der Waals surface area contributed by atoms with Crippen molar-refractivity contribution in [3.05, 3.63) is 17.6 Å². The topological polar surface area (TPSA) is 91.1 Å². The lowest BCUT2D eigenvalue weighted by Gasteiger charge is -2.31. The first-order valence-corrected chi connectivity index (χ1v) is 7.42. The van der Waals surface area contributed by atoms with E-state index in [9.17, 15) is 4.79 Å². The Morgan fingerprint density at radius 2 is 1.91 bits per heavy atom. The summed E-state index contributed by atoms with van der Waals surface area (Å²) in [5.74, 6) is 0.514. The molecule has 1 heterocycles. The van der Waals surface area contributed by atoms with E-state index in [1.165, 1.54) is 0 Å². The number of nitrogens with zero attached hydrogens (tertiary/aromatic N) is 4. The van der Waals surface area contributed by atoms with Gasteiger partial charge in [-0.15, -0.1) is 0 Å². The summed E-state index contributed by atoms with van der Waals surface area (Å²) in [5, 5.41) is 10.6. The Bertz CT molecular complexity index is 608. The first kappa shape index (κ1) is 18.7. The van der Waals surface area contributed by atoms with Crippen LogP contribution in [-0.2, 0) is 4.74 Å². The van der Waals surface area contributed by atoms with Crippen molar-refractivity contribution in [2.24, 2.45) is 5.41 Å². The highest BCUT2D eigenvalue weighted by atomic mass is 16.6. The molecule has 0 aromatic carbocycles. The molecular formula is C16H25N5O2. The van der Waals surface area contributed by atoms with E-state index in [1.54, 1.807) is 38.8 Å². The van der Waals surface area contributed by atoms with Crippen molar-refractivity contribution in [3.63, 3.8) is 0 Å². The maximum atomic E-state index is 12.1. The molecule has 126 valence electrons. The Kier molecular flexibility index (Phi) is 5.54. The van der Waals surface area contributed by atoms with Crippen molar-refractivity contribution < 1.29 is 9.53 Å². The number of hydrazine groups is 1. The van der Waals surface area contributed by atoms with Crippen molar-refractivity contribution in [1.29, 1.82) is 5.26 Å². The number of ether oxygens (including phenoxy) is 1. The quantitative estimate of drug-likeness (QED) is 0.861. The SMILES string of the molecule is Cc1cc(N(CC(C)(C)C)NC(=O)OC(C)(C)C)nc(C#N)n1. The van der Waals surface area contributed by atoms with Crippen molar-refractivity contribution in [2.75, 3.05) is 11.6 Å². The Hall–Kier alpha value is -2.36. The molecule has 1 N–H and O–H groups in total. The number of nitrogens with one attached hydrogen (secondary N) is 1. The number of carbonyl (C=O) groups is 1. The number of rotatable bonds is 3. The third kappa shape index (κ3) is 6.96. The molecule has 7 nitrogen and oxygen atoms in total. The minimum Gasteiger partial charge on any atom is -0.443 e. The van der Waals surface area contributed by atoms with E-state index in [0.717, 1.165) is 0 Å². The molecular weight excluding hydrogens is 294 g/mol. The lowest BCUT2D eigenvalue weighted by atomic mass is 9.97. The first-order chi connectivity index (χ1) is 10.4. The Morgan fingerprint density at radius 3 is 2.39 bits per heavy atom. The summed E-state index contributed by atoms with van der Waals surface area (Å²) >= 11 is 0. The summed E-state index contributed by atoms with van der Waals surface area (Å²) in [6.07, 6.45) is -0.573. The van der Waals surface area contributed by atoms with E-state index >= 15 is 0 Å². The fourth-order valence-corrected chi connectivity index (χ4v) is 1.80. The number of amides is 1. The van der Waals surface area contributed by atoms with Gasteiger partial charge in [-0.25, -0.2) is 15.2 Å². The predicted octanol–water partition coefficient (Wildman–Crippen LogP) is 2.95. The Labute approximate surface area is 137 Å². The van der Waals surface area contributed by atoms with E-state index in [0.29, 0.717) is 18.1 Å². The molecule has 0 atom stereocenters. The first-order valence-electron chi connectivity index (χ1n) is 7.42. The molecule has 0 saturated heterocycles. The van der Waals surface area contributed by atoms with E-state index < -0.39 is 11.7 Å². The second-order valence-electron chi connectivity index (χ2n) is 7.56. The number of anilines is 1. The fraction of sp³-hybridized carbons (Fsp3) is 0.625. The van der Waals surface area contributed by atoms with E-state index in [2.05, 4.69) is 15.4 Å². The van der Waals surface area contributed by atoms with Crippen LogP contribution in [-0.4, -0.2) is 28.2 Å². The summed E-state index contributed by atoms with van der Waals surface area (Å²) in [6, 6.07) is 3.64. The van der Waals surface area contributed by atoms with Crippen molar-refractivity contribution in [2.45, 2.75) is 54.1 Å². The number of carbonyl (C=O) groups excluding carboxylic acids is 1. The molecule has 0 bridgehead atoms. The van der Waals surface area contributed by atoms with Gasteiger partial charge in [-0.05, 0) is 33.1 Å². The van der Waals surface area contributed by atoms with Gasteiger partial charge in [0, 0.05) is 18.3 Å². The zero-order valence-electron chi connectivity index (χ0n) is 14.9. The van der Waals surface area contributed by atoms with Crippen LogP contribution >= 0.6 is 0 Å². The van der Waals surface area contributed by atoms with Gasteiger partial charge in [-0.2, -0.15) is 10.2 Å². The van der Waals surface area contributed by atoms with Gasteiger partial charge in [0.25, 0.3) is 0 Å². The monoisotopic (exact) mass is 319 g/mol. The van der Waals surface area contributed by atoms with E-state index in [1.807, 2.05) is 26.8 Å². The minimum absolute atomic E-state index is 0.0601. The van der Waals surface area contributed by atoms with Crippen LogP contribution in [0.25, 0.3) is 0 Å². The molecule has 0 aliphatic heterocycles. The molecule has 0 radical (unpaired) electrons. The molecule has 23 heavy (non-hydrogen) atoms. The van der Waals surface area contributed by atoms with E-state index in [-0.39, 0.29) is 11.2 Å². The van der Waals surface area contributed by atoms with Crippen LogP contribution in [0.1, 0.15) is 53.1 Å². The molecule has 0 saturated carbocycles. The van der Waals surface area contributed by atoms with Gasteiger partial charge < -0.3 is 4.74 Å². The van der Waals surface area contributed by atoms with Crippen LogP contribution < -0.4 is 10.4 Å². The standard InChI is InChI=1S/C16H25N5O2/c1-11-8-13(19-12(9-17)18-11)21(10-15(2,3)4)20-14(22)23-16(5,6)7/h8H,10H2,1-7H3,(H,20,22). The summed E-state index contributed by atoms with van der Waals surface area (Å²) in [6.45, 7) is 13.8. The lowest BCUT2D eigenvalue weighted by molar-refractivity contribution is 0.0516. The van der Waals surface area contributed by atoms with E-state index in [4.69, 9.17) is 10.00 Å². The van der Waals surface area contributed by atoms with Gasteiger partial charge in [-0.3, -0.25) is 5.01 Å². The van der Waals surface area contributed by atoms with Crippen LogP contribution in [0.15, 0.2) is 6.07 Å². The molecule has 7 heteroatoms. The van der Waals surface area contributed by atoms with Gasteiger partial charge in [0.1, 0.15) is 11.7 Å². The maximum absolute atomic E-state index is 12.1. The second kappa shape index (κ2) is 6.82. The molecule has 0 unspecified atom stereocenters. The van der Waals surface area contributed by atoms with Crippen LogP contribution in [0, 0.1) is 23.7 Å². The van der Waals surface area contributed by atoms with Crippen LogP contribution in [0.2, 0.25) is 0 Å². The molecule has 0 spiro atoms. The summed E-state index contributed by atoms with van der Waals surface area (Å²) in [4.78, 5) is 20.3. The van der Waals surface area contributed by atoms with Gasteiger partial charge in [0.05, 0.1) is 0 Å². The predicted molar refractivity (Wildman–Crippen MR) is 87.7 cm³/mol. The van der Waals surface area contributed by atoms with Gasteiger partial charge in [0.2, 0.25) is 5.82 Å². The van der Waals surface area contributed by atoms with Gasteiger partial charge in [-0.1, -0.05) is 20.8 Å². The number of aromatic nitrogens is 2. The number of nitriles is 1. The Morgan fingerprint density at radius 1 is 1.30 bits per heavy atom. The molecule has 0 fully saturated rings. The molecule has 1 rings (SSSR count). The second-order valence-corrected chi connectivity index (χ2v) is 7.56. The number of hydrogen-bond acceptors (Lipinski definition) is 6. The maximum Gasteiger partial charge on any atom is 0.426 e. The summed E-state index contributed by atoms with van der Waals surface area (Å²) in [5.41, 5.74) is 2.64. The van der Waals surface area contributed by atoms with Gasteiger partial charge >= 0.3 is 6.09 Å². The van der Waals surface area contributed by atoms with Crippen LogP contribution in [0.5, 0.6) is 0 Å². The molecule has 1 aromatic heterocycles. The highest BCUT2D eigenvalue weighted by molar-refractivity contribution is 5.70. The van der Waals surface area contributed by atoms with Crippen LogP contribution in [0.4, 0.5) is 10.6 Å².